The highest BCUT2D eigenvalue weighted by atomic mass is 32.2. The van der Waals surface area contributed by atoms with Crippen LogP contribution < -0.4 is 9.46 Å². The van der Waals surface area contributed by atoms with Gasteiger partial charge in [0.05, 0.1) is 17.3 Å². The molecule has 34 heavy (non-hydrogen) atoms. The van der Waals surface area contributed by atoms with E-state index in [-0.39, 0.29) is 0 Å². The maximum absolute atomic E-state index is 13.0. The molecule has 0 unspecified atom stereocenters. The Morgan fingerprint density at radius 3 is 2.44 bits per heavy atom. The van der Waals surface area contributed by atoms with Crippen LogP contribution in [0.4, 0.5) is 13.2 Å². The molecule has 1 aromatic rings. The van der Waals surface area contributed by atoms with Crippen molar-refractivity contribution in [3.8, 4) is 5.75 Å². The summed E-state index contributed by atoms with van der Waals surface area (Å²) < 4.78 is 71.0. The van der Waals surface area contributed by atoms with E-state index in [2.05, 4.69) is 21.0 Å². The molecule has 0 spiro atoms. The summed E-state index contributed by atoms with van der Waals surface area (Å²) in [5.74, 6) is -0.841. The Hall–Kier alpha value is -1.86. The van der Waals surface area contributed by atoms with Crippen molar-refractivity contribution in [2.75, 3.05) is 0 Å². The molecule has 0 bridgehead atoms. The van der Waals surface area contributed by atoms with Crippen LogP contribution in [0.2, 0.25) is 0 Å². The number of benzene rings is 1. The van der Waals surface area contributed by atoms with Gasteiger partial charge in [0.1, 0.15) is 10.6 Å². The highest BCUT2D eigenvalue weighted by Gasteiger charge is 2.35. The molecule has 1 aliphatic carbocycles. The topological polar surface area (TPSA) is 108 Å². The number of aliphatic hydroxyl groups is 2. The quantitative estimate of drug-likeness (QED) is 0.324. The molecule has 1 fully saturated rings. The van der Waals surface area contributed by atoms with E-state index in [4.69, 9.17) is 0 Å². The van der Waals surface area contributed by atoms with Crippen LogP contribution in [0.15, 0.2) is 45.3 Å². The minimum atomic E-state index is -5.07. The van der Waals surface area contributed by atoms with Gasteiger partial charge in [-0.1, -0.05) is 24.4 Å². The zero-order chi connectivity index (χ0) is 25.7. The molecule has 1 aliphatic rings. The summed E-state index contributed by atoms with van der Waals surface area (Å²) in [5, 5.41) is 19.5. The monoisotopic (exact) mass is 522 g/mol. The lowest BCUT2D eigenvalue weighted by Gasteiger charge is -2.26. The Balaban J connectivity index is 2.31. The van der Waals surface area contributed by atoms with E-state index in [1.165, 1.54) is 17.7 Å². The first-order chi connectivity index (χ1) is 15.6. The molecule has 2 rings (SSSR count). The van der Waals surface area contributed by atoms with Crippen LogP contribution in [0, 0.1) is 0 Å². The second kappa shape index (κ2) is 11.3. The summed E-state index contributed by atoms with van der Waals surface area (Å²) in [5.41, 5.74) is 1.09. The Kier molecular flexibility index (Phi) is 9.39. The number of nitrogens with one attached hydrogen (secondary N) is 1. The molecule has 0 radical (unpaired) electrons. The first-order valence-electron chi connectivity index (χ1n) is 10.5. The SMILES string of the molecule is C=C(SC=N/C(C)=C/c1ccc(OC(F)(F)F)c(S(=O)(=O)NC2CCC(O)CC2)c1)C(C)(C)O. The third-order valence-electron chi connectivity index (χ3n) is 5.01. The lowest BCUT2D eigenvalue weighted by atomic mass is 9.94. The minimum absolute atomic E-state index is 0.301. The van der Waals surface area contributed by atoms with Gasteiger partial charge in [0.2, 0.25) is 10.0 Å². The Morgan fingerprint density at radius 1 is 1.26 bits per heavy atom. The van der Waals surface area contributed by atoms with E-state index < -0.39 is 44.8 Å². The molecule has 190 valence electrons. The van der Waals surface area contributed by atoms with Gasteiger partial charge in [-0.3, -0.25) is 4.99 Å². The molecule has 0 heterocycles. The van der Waals surface area contributed by atoms with Gasteiger partial charge in [0, 0.05) is 16.6 Å². The summed E-state index contributed by atoms with van der Waals surface area (Å²) in [4.78, 5) is 3.99. The van der Waals surface area contributed by atoms with Gasteiger partial charge < -0.3 is 14.9 Å². The van der Waals surface area contributed by atoms with Crippen molar-refractivity contribution in [1.82, 2.24) is 4.72 Å². The Bertz CT molecular complexity index is 1040. The highest BCUT2D eigenvalue weighted by molar-refractivity contribution is 8.15. The van der Waals surface area contributed by atoms with Crippen molar-refractivity contribution in [3.05, 3.63) is 40.9 Å². The van der Waals surface area contributed by atoms with Gasteiger partial charge in [0.25, 0.3) is 0 Å². The van der Waals surface area contributed by atoms with Crippen molar-refractivity contribution in [3.63, 3.8) is 0 Å². The molecule has 0 aromatic heterocycles. The van der Waals surface area contributed by atoms with Crippen molar-refractivity contribution < 1.29 is 36.5 Å². The molecule has 3 N–H and O–H groups in total. The van der Waals surface area contributed by atoms with Crippen molar-refractivity contribution in [2.24, 2.45) is 4.99 Å². The van der Waals surface area contributed by atoms with Crippen molar-refractivity contribution in [1.29, 1.82) is 0 Å². The first kappa shape index (κ1) is 28.4. The smallest absolute Gasteiger partial charge is 0.404 e. The van der Waals surface area contributed by atoms with Crippen LogP contribution in [-0.2, 0) is 10.0 Å². The van der Waals surface area contributed by atoms with Gasteiger partial charge in [-0.2, -0.15) is 0 Å². The lowest BCUT2D eigenvalue weighted by Crippen LogP contribution is -2.38. The van der Waals surface area contributed by atoms with Crippen LogP contribution in [-0.4, -0.2) is 48.3 Å². The predicted octanol–water partition coefficient (Wildman–Crippen LogP) is 4.57. The highest BCUT2D eigenvalue weighted by Crippen LogP contribution is 2.32. The maximum Gasteiger partial charge on any atom is 0.573 e. The number of nitrogens with zero attached hydrogens (tertiary/aromatic N) is 1. The number of allylic oxidation sites excluding steroid dienone is 1. The minimum Gasteiger partial charge on any atom is -0.404 e. The van der Waals surface area contributed by atoms with Crippen LogP contribution >= 0.6 is 11.8 Å². The van der Waals surface area contributed by atoms with Crippen LogP contribution in [0.5, 0.6) is 5.75 Å². The molecule has 0 aliphatic heterocycles. The number of ether oxygens (including phenoxy) is 1. The Morgan fingerprint density at radius 2 is 1.88 bits per heavy atom. The van der Waals surface area contributed by atoms with E-state index in [1.807, 2.05) is 0 Å². The van der Waals surface area contributed by atoms with Crippen molar-refractivity contribution in [2.45, 2.75) is 75.5 Å². The molecule has 1 aromatic carbocycles. The third-order valence-corrected chi connectivity index (χ3v) is 7.55. The van der Waals surface area contributed by atoms with Crippen LogP contribution in [0.25, 0.3) is 6.08 Å². The van der Waals surface area contributed by atoms with Gasteiger partial charge in [-0.05, 0) is 70.2 Å². The number of aliphatic imine (C=N–C) groups is 1. The van der Waals surface area contributed by atoms with Gasteiger partial charge in [-0.25, -0.2) is 13.1 Å². The van der Waals surface area contributed by atoms with Gasteiger partial charge in [-0.15, -0.1) is 13.2 Å². The molecule has 7 nitrogen and oxygen atoms in total. The largest absolute Gasteiger partial charge is 0.573 e. The fourth-order valence-electron chi connectivity index (χ4n) is 3.11. The van der Waals surface area contributed by atoms with E-state index in [0.29, 0.717) is 41.8 Å². The maximum atomic E-state index is 13.0. The van der Waals surface area contributed by atoms with E-state index in [0.717, 1.165) is 23.9 Å². The number of sulfonamides is 1. The Labute approximate surface area is 201 Å². The lowest BCUT2D eigenvalue weighted by molar-refractivity contribution is -0.275. The summed E-state index contributed by atoms with van der Waals surface area (Å²) in [6, 6.07) is 2.82. The number of hydrogen-bond acceptors (Lipinski definition) is 7. The summed E-state index contributed by atoms with van der Waals surface area (Å²) in [6.07, 6.45) is -2.55. The molecule has 0 saturated heterocycles. The molecular weight excluding hydrogens is 493 g/mol. The second-order valence-corrected chi connectivity index (χ2v) is 11.1. The second-order valence-electron chi connectivity index (χ2n) is 8.50. The summed E-state index contributed by atoms with van der Waals surface area (Å²) in [7, 11) is -4.35. The van der Waals surface area contributed by atoms with E-state index in [1.54, 1.807) is 20.8 Å². The van der Waals surface area contributed by atoms with Crippen LogP contribution in [0.1, 0.15) is 52.0 Å². The fraction of sp³-hybridized carbons (Fsp3) is 0.500. The van der Waals surface area contributed by atoms with Gasteiger partial charge >= 0.3 is 6.36 Å². The average Bonchev–Trinajstić information content (AvgIpc) is 2.68. The molecule has 1 saturated carbocycles. The molecule has 12 heteroatoms. The predicted molar refractivity (Wildman–Crippen MR) is 127 cm³/mol. The standard InChI is InChI=1S/C22H29F3N2O5S2/c1-14(26-13-33-15(2)21(3,4)29)11-16-5-10-19(32-22(23,24)25)20(12-16)34(30,31)27-17-6-8-18(28)9-7-17/h5,10-13,17-18,27-29H,2,6-9H2,1,3-4H3/b14-11+,26-13?. The zero-order valence-corrected chi connectivity index (χ0v) is 20.7. The number of alkyl halides is 3. The number of halogens is 3. The summed E-state index contributed by atoms with van der Waals surface area (Å²) >= 11 is 1.11. The number of thioether (sulfide) groups is 1. The van der Waals surface area contributed by atoms with Gasteiger partial charge in [0.15, 0.2) is 0 Å². The summed E-state index contributed by atoms with van der Waals surface area (Å²) in [6.45, 7) is 8.53. The molecule has 0 atom stereocenters. The number of aliphatic hydroxyl groups excluding tert-OH is 1. The molecular formula is C22H29F3N2O5S2. The van der Waals surface area contributed by atoms with Crippen LogP contribution in [0.3, 0.4) is 0 Å². The third kappa shape index (κ3) is 9.06. The normalized spacial score (nSPS) is 20.5. The molecule has 0 amide bonds. The zero-order valence-electron chi connectivity index (χ0n) is 19.1. The number of rotatable bonds is 9. The van der Waals surface area contributed by atoms with E-state index in [9.17, 15) is 31.8 Å². The van der Waals surface area contributed by atoms with Crippen molar-refractivity contribution >= 4 is 33.4 Å². The number of hydrogen-bond donors (Lipinski definition) is 3. The van der Waals surface area contributed by atoms with E-state index >= 15 is 0 Å². The fourth-order valence-corrected chi connectivity index (χ4v) is 5.21. The average molecular weight is 523 g/mol. The first-order valence-corrected chi connectivity index (χ1v) is 12.8.